The average Bonchev–Trinajstić information content (AvgIpc) is 3.16. The number of ether oxygens (including phenoxy) is 1. The lowest BCUT2D eigenvalue weighted by molar-refractivity contribution is 0.306. The molecule has 0 saturated carbocycles. The Kier molecular flexibility index (Phi) is 7.17. The van der Waals surface area contributed by atoms with Crippen LogP contribution in [0.3, 0.4) is 0 Å². The van der Waals surface area contributed by atoms with Crippen molar-refractivity contribution in [2.24, 2.45) is 5.10 Å². The SMILES string of the molecule is Cc1nnc(SCc2ccc(Br)cc2)n1/N=C\c1ccccc1OCc1ccccc1. The third kappa shape index (κ3) is 5.83. The third-order valence-electron chi connectivity index (χ3n) is 4.52. The molecule has 0 bridgehead atoms. The summed E-state index contributed by atoms with van der Waals surface area (Å²) in [6.45, 7) is 2.40. The van der Waals surface area contributed by atoms with Crippen LogP contribution in [0.4, 0.5) is 0 Å². The molecule has 0 amide bonds. The van der Waals surface area contributed by atoms with Crippen LogP contribution in [-0.4, -0.2) is 21.1 Å². The number of aromatic nitrogens is 3. The minimum absolute atomic E-state index is 0.506. The highest BCUT2D eigenvalue weighted by molar-refractivity contribution is 9.10. The van der Waals surface area contributed by atoms with Crippen molar-refractivity contribution in [1.29, 1.82) is 0 Å². The van der Waals surface area contributed by atoms with Crippen LogP contribution in [0.2, 0.25) is 0 Å². The van der Waals surface area contributed by atoms with Crippen molar-refractivity contribution in [2.45, 2.75) is 24.4 Å². The van der Waals surface area contributed by atoms with Gasteiger partial charge >= 0.3 is 0 Å². The molecule has 0 aliphatic rings. The van der Waals surface area contributed by atoms with E-state index < -0.39 is 0 Å². The van der Waals surface area contributed by atoms with Crippen molar-refractivity contribution >= 4 is 33.9 Å². The topological polar surface area (TPSA) is 52.3 Å². The van der Waals surface area contributed by atoms with Crippen molar-refractivity contribution in [3.05, 3.63) is 106 Å². The maximum absolute atomic E-state index is 6.03. The highest BCUT2D eigenvalue weighted by Crippen LogP contribution is 2.23. The molecule has 0 fully saturated rings. The number of hydrogen-bond donors (Lipinski definition) is 0. The number of hydrogen-bond acceptors (Lipinski definition) is 5. The van der Waals surface area contributed by atoms with Gasteiger partial charge in [-0.15, -0.1) is 10.2 Å². The second-order valence-electron chi connectivity index (χ2n) is 6.81. The van der Waals surface area contributed by atoms with Crippen LogP contribution in [0.5, 0.6) is 5.75 Å². The molecular formula is C24H21BrN4OS. The summed E-state index contributed by atoms with van der Waals surface area (Å²) < 4.78 is 8.86. The summed E-state index contributed by atoms with van der Waals surface area (Å²) >= 11 is 5.07. The highest BCUT2D eigenvalue weighted by Gasteiger charge is 2.09. The summed E-state index contributed by atoms with van der Waals surface area (Å²) in [6.07, 6.45) is 1.79. The number of aryl methyl sites for hydroxylation is 1. The van der Waals surface area contributed by atoms with Gasteiger partial charge in [0.15, 0.2) is 5.82 Å². The third-order valence-corrected chi connectivity index (χ3v) is 6.04. The van der Waals surface area contributed by atoms with Gasteiger partial charge in [-0.2, -0.15) is 9.78 Å². The molecule has 31 heavy (non-hydrogen) atoms. The molecular weight excluding hydrogens is 472 g/mol. The van der Waals surface area contributed by atoms with E-state index in [4.69, 9.17) is 4.74 Å². The fourth-order valence-electron chi connectivity index (χ4n) is 2.86. The van der Waals surface area contributed by atoms with Crippen LogP contribution in [0.25, 0.3) is 0 Å². The summed E-state index contributed by atoms with van der Waals surface area (Å²) in [5.74, 6) is 2.31. The molecule has 0 saturated heterocycles. The van der Waals surface area contributed by atoms with Crippen LogP contribution in [0.15, 0.2) is 93.6 Å². The van der Waals surface area contributed by atoms with Gasteiger partial charge in [-0.25, -0.2) is 0 Å². The average molecular weight is 493 g/mol. The normalized spacial score (nSPS) is 11.2. The summed E-state index contributed by atoms with van der Waals surface area (Å²) in [4.78, 5) is 0. The zero-order valence-electron chi connectivity index (χ0n) is 17.0. The molecule has 3 aromatic carbocycles. The molecule has 0 atom stereocenters. The van der Waals surface area contributed by atoms with Crippen LogP contribution < -0.4 is 4.74 Å². The lowest BCUT2D eigenvalue weighted by atomic mass is 10.2. The molecule has 7 heteroatoms. The maximum Gasteiger partial charge on any atom is 0.212 e. The van der Waals surface area contributed by atoms with Crippen molar-refractivity contribution < 1.29 is 4.74 Å². The number of benzene rings is 3. The zero-order valence-corrected chi connectivity index (χ0v) is 19.4. The van der Waals surface area contributed by atoms with Gasteiger partial charge in [0.05, 0.1) is 6.21 Å². The molecule has 4 aromatic rings. The zero-order chi connectivity index (χ0) is 21.5. The van der Waals surface area contributed by atoms with Crippen LogP contribution in [0.1, 0.15) is 22.5 Å². The van der Waals surface area contributed by atoms with E-state index >= 15 is 0 Å². The Labute approximate surface area is 194 Å². The standard InChI is InChI=1S/C24H21BrN4OS/c1-18-27-28-24(31-17-20-11-13-22(25)14-12-20)29(18)26-15-21-9-5-6-10-23(21)30-16-19-7-3-2-4-8-19/h2-15H,16-17H2,1H3/b26-15-. The highest BCUT2D eigenvalue weighted by atomic mass is 79.9. The molecule has 0 radical (unpaired) electrons. The number of para-hydroxylation sites is 1. The van der Waals surface area contributed by atoms with Crippen LogP contribution in [-0.2, 0) is 12.4 Å². The van der Waals surface area contributed by atoms with E-state index in [-0.39, 0.29) is 0 Å². The Morgan fingerprint density at radius 1 is 0.935 bits per heavy atom. The van der Waals surface area contributed by atoms with Crippen molar-refractivity contribution in [1.82, 2.24) is 14.9 Å². The predicted octanol–water partition coefficient (Wildman–Crippen LogP) is 6.10. The molecule has 0 aliphatic carbocycles. The van der Waals surface area contributed by atoms with Gasteiger partial charge in [0.25, 0.3) is 0 Å². The van der Waals surface area contributed by atoms with E-state index in [1.165, 1.54) is 5.56 Å². The number of nitrogens with zero attached hydrogens (tertiary/aromatic N) is 4. The lowest BCUT2D eigenvalue weighted by Gasteiger charge is -2.09. The van der Waals surface area contributed by atoms with E-state index in [2.05, 4.69) is 43.4 Å². The Bertz CT molecular complexity index is 1160. The van der Waals surface area contributed by atoms with Gasteiger partial charge < -0.3 is 4.74 Å². The van der Waals surface area contributed by atoms with Gasteiger partial charge in [0.1, 0.15) is 12.4 Å². The van der Waals surface area contributed by atoms with Gasteiger partial charge in [-0.05, 0) is 42.3 Å². The first kappa shape index (κ1) is 21.3. The summed E-state index contributed by atoms with van der Waals surface area (Å²) in [5.41, 5.74) is 3.23. The monoisotopic (exact) mass is 492 g/mol. The first-order chi connectivity index (χ1) is 15.2. The van der Waals surface area contributed by atoms with E-state index in [0.29, 0.717) is 6.61 Å². The Morgan fingerprint density at radius 2 is 1.68 bits per heavy atom. The van der Waals surface area contributed by atoms with E-state index in [0.717, 1.165) is 38.1 Å². The Hall–Kier alpha value is -2.90. The summed E-state index contributed by atoms with van der Waals surface area (Å²) in [5, 5.41) is 13.9. The number of rotatable bonds is 8. The Morgan fingerprint density at radius 3 is 2.48 bits per heavy atom. The van der Waals surface area contributed by atoms with E-state index in [9.17, 15) is 0 Å². The fourth-order valence-corrected chi connectivity index (χ4v) is 4.02. The molecule has 0 aliphatic heterocycles. The molecule has 4 rings (SSSR count). The molecule has 0 spiro atoms. The first-order valence-corrected chi connectivity index (χ1v) is 11.6. The number of halogens is 1. The molecule has 1 heterocycles. The predicted molar refractivity (Wildman–Crippen MR) is 129 cm³/mol. The van der Waals surface area contributed by atoms with Crippen LogP contribution >= 0.6 is 27.7 Å². The van der Waals surface area contributed by atoms with E-state index in [1.807, 2.05) is 73.7 Å². The van der Waals surface area contributed by atoms with Gasteiger partial charge in [-0.3, -0.25) is 0 Å². The molecule has 156 valence electrons. The van der Waals surface area contributed by atoms with Crippen molar-refractivity contribution in [2.75, 3.05) is 0 Å². The summed E-state index contributed by atoms with van der Waals surface area (Å²) in [7, 11) is 0. The second kappa shape index (κ2) is 10.4. The minimum Gasteiger partial charge on any atom is -0.488 e. The smallest absolute Gasteiger partial charge is 0.212 e. The maximum atomic E-state index is 6.03. The molecule has 0 unspecified atom stereocenters. The van der Waals surface area contributed by atoms with E-state index in [1.54, 1.807) is 22.7 Å². The fraction of sp³-hybridized carbons (Fsp3) is 0.125. The van der Waals surface area contributed by atoms with Gasteiger partial charge in [0, 0.05) is 15.8 Å². The molecule has 0 N–H and O–H groups in total. The summed E-state index contributed by atoms with van der Waals surface area (Å²) in [6, 6.07) is 26.2. The van der Waals surface area contributed by atoms with Gasteiger partial charge in [0.2, 0.25) is 5.16 Å². The minimum atomic E-state index is 0.506. The van der Waals surface area contributed by atoms with Crippen LogP contribution in [0, 0.1) is 6.92 Å². The molecule has 5 nitrogen and oxygen atoms in total. The second-order valence-corrected chi connectivity index (χ2v) is 8.67. The largest absolute Gasteiger partial charge is 0.488 e. The quantitative estimate of drug-likeness (QED) is 0.220. The lowest BCUT2D eigenvalue weighted by Crippen LogP contribution is -2.00. The first-order valence-electron chi connectivity index (χ1n) is 9.78. The van der Waals surface area contributed by atoms with Gasteiger partial charge in [-0.1, -0.05) is 82.3 Å². The van der Waals surface area contributed by atoms with Crippen molar-refractivity contribution in [3.8, 4) is 5.75 Å². The Balaban J connectivity index is 1.47. The van der Waals surface area contributed by atoms with Crippen molar-refractivity contribution in [3.63, 3.8) is 0 Å². The molecule has 1 aromatic heterocycles. The number of thioether (sulfide) groups is 1.